The predicted molar refractivity (Wildman–Crippen MR) is 72.6 cm³/mol. The molecule has 0 spiro atoms. The summed E-state index contributed by atoms with van der Waals surface area (Å²) in [6, 6.07) is 16.8. The van der Waals surface area contributed by atoms with E-state index < -0.39 is 5.60 Å². The van der Waals surface area contributed by atoms with Gasteiger partial charge in [0.05, 0.1) is 7.11 Å². The van der Waals surface area contributed by atoms with Gasteiger partial charge in [0.1, 0.15) is 11.4 Å². The third kappa shape index (κ3) is 2.15. The van der Waals surface area contributed by atoms with Gasteiger partial charge >= 0.3 is 0 Å². The first-order valence-corrected chi connectivity index (χ1v) is 5.76. The van der Waals surface area contributed by atoms with Crippen LogP contribution in [0.2, 0.25) is 0 Å². The van der Waals surface area contributed by atoms with Crippen LogP contribution >= 0.6 is 0 Å². The van der Waals surface area contributed by atoms with Gasteiger partial charge in [0.2, 0.25) is 0 Å². The average molecular weight is 240 g/mol. The zero-order valence-corrected chi connectivity index (χ0v) is 10.3. The monoisotopic (exact) mass is 240 g/mol. The standard InChI is InChI=1S/C16H16O2/c1-3-16(17,13-7-5-4-6-8-13)14-9-11-15(18-2)12-10-14/h3-12,17H,1H2,2H3. The quantitative estimate of drug-likeness (QED) is 0.832. The van der Waals surface area contributed by atoms with E-state index in [1.54, 1.807) is 13.2 Å². The Morgan fingerprint density at radius 2 is 1.56 bits per heavy atom. The third-order valence-electron chi connectivity index (χ3n) is 3.04. The molecule has 0 bridgehead atoms. The number of methoxy groups -OCH3 is 1. The third-order valence-corrected chi connectivity index (χ3v) is 3.04. The topological polar surface area (TPSA) is 29.5 Å². The van der Waals surface area contributed by atoms with Gasteiger partial charge in [-0.3, -0.25) is 0 Å². The molecule has 2 heteroatoms. The summed E-state index contributed by atoms with van der Waals surface area (Å²) < 4.78 is 5.11. The van der Waals surface area contributed by atoms with Crippen LogP contribution < -0.4 is 4.74 Å². The van der Waals surface area contributed by atoms with Gasteiger partial charge in [-0.2, -0.15) is 0 Å². The maximum Gasteiger partial charge on any atom is 0.133 e. The fourth-order valence-electron chi connectivity index (χ4n) is 1.94. The van der Waals surface area contributed by atoms with Gasteiger partial charge in [-0.05, 0) is 23.3 Å². The molecule has 0 aliphatic carbocycles. The van der Waals surface area contributed by atoms with Crippen molar-refractivity contribution in [2.45, 2.75) is 5.60 Å². The second-order valence-electron chi connectivity index (χ2n) is 4.07. The molecule has 0 aliphatic rings. The maximum atomic E-state index is 10.8. The van der Waals surface area contributed by atoms with Gasteiger partial charge in [-0.15, -0.1) is 0 Å². The van der Waals surface area contributed by atoms with Gasteiger partial charge in [0, 0.05) is 0 Å². The molecule has 1 N–H and O–H groups in total. The van der Waals surface area contributed by atoms with E-state index in [4.69, 9.17) is 4.74 Å². The Hall–Kier alpha value is -2.06. The summed E-state index contributed by atoms with van der Waals surface area (Å²) in [5.74, 6) is 0.762. The molecule has 1 atom stereocenters. The number of hydrogen-bond acceptors (Lipinski definition) is 2. The van der Waals surface area contributed by atoms with Crippen molar-refractivity contribution < 1.29 is 9.84 Å². The number of hydrogen-bond donors (Lipinski definition) is 1. The minimum atomic E-state index is -1.17. The molecular formula is C16H16O2. The lowest BCUT2D eigenvalue weighted by atomic mass is 9.86. The Morgan fingerprint density at radius 1 is 1.00 bits per heavy atom. The lowest BCUT2D eigenvalue weighted by Crippen LogP contribution is -2.23. The molecular weight excluding hydrogens is 224 g/mol. The lowest BCUT2D eigenvalue weighted by molar-refractivity contribution is 0.135. The van der Waals surface area contributed by atoms with E-state index in [2.05, 4.69) is 6.58 Å². The number of ether oxygens (including phenoxy) is 1. The molecule has 0 radical (unpaired) electrons. The van der Waals surface area contributed by atoms with Crippen molar-refractivity contribution in [1.29, 1.82) is 0 Å². The van der Waals surface area contributed by atoms with Crippen LogP contribution in [0.5, 0.6) is 5.75 Å². The highest BCUT2D eigenvalue weighted by molar-refractivity contribution is 5.42. The molecule has 0 amide bonds. The maximum absolute atomic E-state index is 10.8. The van der Waals surface area contributed by atoms with Crippen molar-refractivity contribution in [2.24, 2.45) is 0 Å². The molecule has 18 heavy (non-hydrogen) atoms. The Labute approximate surface area is 107 Å². The fourth-order valence-corrected chi connectivity index (χ4v) is 1.94. The molecule has 2 aromatic rings. The number of rotatable bonds is 4. The van der Waals surface area contributed by atoms with Gasteiger partial charge in [0.25, 0.3) is 0 Å². The normalized spacial score (nSPS) is 13.7. The first-order chi connectivity index (χ1) is 8.70. The second kappa shape index (κ2) is 5.07. The molecule has 0 fully saturated rings. The van der Waals surface area contributed by atoms with Crippen molar-refractivity contribution in [2.75, 3.05) is 7.11 Å². The van der Waals surface area contributed by atoms with E-state index >= 15 is 0 Å². The molecule has 2 nitrogen and oxygen atoms in total. The Kier molecular flexibility index (Phi) is 3.49. The van der Waals surface area contributed by atoms with Crippen molar-refractivity contribution in [3.63, 3.8) is 0 Å². The summed E-state index contributed by atoms with van der Waals surface area (Å²) in [6.07, 6.45) is 1.55. The number of benzene rings is 2. The Bertz CT molecular complexity index is 517. The van der Waals surface area contributed by atoms with Gasteiger partial charge in [-0.1, -0.05) is 55.1 Å². The SMILES string of the molecule is C=CC(O)(c1ccccc1)c1ccc(OC)cc1. The van der Waals surface area contributed by atoms with Crippen LogP contribution in [0.3, 0.4) is 0 Å². The second-order valence-corrected chi connectivity index (χ2v) is 4.07. The minimum absolute atomic E-state index is 0.762. The van der Waals surface area contributed by atoms with Gasteiger partial charge < -0.3 is 9.84 Å². The van der Waals surface area contributed by atoms with E-state index in [1.807, 2.05) is 54.6 Å². The summed E-state index contributed by atoms with van der Waals surface area (Å²) in [5.41, 5.74) is 0.391. The predicted octanol–water partition coefficient (Wildman–Crippen LogP) is 3.12. The first kappa shape index (κ1) is 12.4. The molecule has 2 rings (SSSR count). The molecule has 2 aromatic carbocycles. The van der Waals surface area contributed by atoms with Crippen LogP contribution in [0.4, 0.5) is 0 Å². The van der Waals surface area contributed by atoms with Crippen LogP contribution in [0.15, 0.2) is 67.3 Å². The zero-order chi connectivity index (χ0) is 13.0. The van der Waals surface area contributed by atoms with Gasteiger partial charge in [0.15, 0.2) is 0 Å². The van der Waals surface area contributed by atoms with E-state index in [1.165, 1.54) is 0 Å². The highest BCUT2D eigenvalue weighted by Crippen LogP contribution is 2.31. The van der Waals surface area contributed by atoms with Crippen LogP contribution in [0.25, 0.3) is 0 Å². The Balaban J connectivity index is 2.46. The van der Waals surface area contributed by atoms with Crippen molar-refractivity contribution >= 4 is 0 Å². The molecule has 92 valence electrons. The zero-order valence-electron chi connectivity index (χ0n) is 10.3. The summed E-state index contributed by atoms with van der Waals surface area (Å²) in [6.45, 7) is 3.75. The van der Waals surface area contributed by atoms with Crippen molar-refractivity contribution in [3.05, 3.63) is 78.4 Å². The fraction of sp³-hybridized carbons (Fsp3) is 0.125. The molecule has 0 aromatic heterocycles. The minimum Gasteiger partial charge on any atom is -0.497 e. The highest BCUT2D eigenvalue weighted by atomic mass is 16.5. The van der Waals surface area contributed by atoms with Crippen LogP contribution in [0.1, 0.15) is 11.1 Å². The van der Waals surface area contributed by atoms with E-state index in [0.29, 0.717) is 0 Å². The van der Waals surface area contributed by atoms with Gasteiger partial charge in [-0.25, -0.2) is 0 Å². The summed E-state index contributed by atoms with van der Waals surface area (Å²) >= 11 is 0. The smallest absolute Gasteiger partial charge is 0.133 e. The van der Waals surface area contributed by atoms with E-state index in [-0.39, 0.29) is 0 Å². The lowest BCUT2D eigenvalue weighted by Gasteiger charge is -2.25. The van der Waals surface area contributed by atoms with Crippen LogP contribution in [0, 0.1) is 0 Å². The van der Waals surface area contributed by atoms with Crippen LogP contribution in [-0.2, 0) is 5.60 Å². The van der Waals surface area contributed by atoms with E-state index in [0.717, 1.165) is 16.9 Å². The average Bonchev–Trinajstić information content (AvgIpc) is 2.47. The highest BCUT2D eigenvalue weighted by Gasteiger charge is 2.27. The molecule has 0 saturated heterocycles. The Morgan fingerprint density at radius 3 is 2.06 bits per heavy atom. The largest absolute Gasteiger partial charge is 0.497 e. The van der Waals surface area contributed by atoms with Crippen molar-refractivity contribution in [3.8, 4) is 5.75 Å². The van der Waals surface area contributed by atoms with Crippen molar-refractivity contribution in [1.82, 2.24) is 0 Å². The molecule has 0 aliphatic heterocycles. The summed E-state index contributed by atoms with van der Waals surface area (Å²) in [7, 11) is 1.62. The van der Waals surface area contributed by atoms with Crippen LogP contribution in [-0.4, -0.2) is 12.2 Å². The van der Waals surface area contributed by atoms with E-state index in [9.17, 15) is 5.11 Å². The first-order valence-electron chi connectivity index (χ1n) is 5.76. The molecule has 1 unspecified atom stereocenters. The molecule has 0 heterocycles. The number of aliphatic hydroxyl groups is 1. The summed E-state index contributed by atoms with van der Waals surface area (Å²) in [4.78, 5) is 0. The molecule has 0 saturated carbocycles. The summed E-state index contributed by atoms with van der Waals surface area (Å²) in [5, 5.41) is 10.8.